The van der Waals surface area contributed by atoms with Crippen LogP contribution < -0.4 is 10.6 Å². The molecule has 0 spiro atoms. The smallest absolute Gasteiger partial charge is 0.226 e. The maximum Gasteiger partial charge on any atom is 0.226 e. The van der Waals surface area contributed by atoms with Crippen LogP contribution in [0.15, 0.2) is 4.52 Å². The Morgan fingerprint density at radius 1 is 1.56 bits per heavy atom. The molecule has 0 aromatic carbocycles. The van der Waals surface area contributed by atoms with E-state index in [9.17, 15) is 0 Å². The first-order chi connectivity index (χ1) is 7.72. The molecule has 1 aliphatic rings. The van der Waals surface area contributed by atoms with Gasteiger partial charge in [0, 0.05) is 18.5 Å². The SMILES string of the molecule is CCCc1nc(CNC2(C)CCNC2)no1. The molecule has 0 aliphatic carbocycles. The molecule has 90 valence electrons. The maximum absolute atomic E-state index is 5.14. The molecule has 5 nitrogen and oxygen atoms in total. The normalized spacial score (nSPS) is 25.1. The predicted octanol–water partition coefficient (Wildman–Crippen LogP) is 0.864. The first-order valence-electron chi connectivity index (χ1n) is 5.99. The topological polar surface area (TPSA) is 63.0 Å². The van der Waals surface area contributed by atoms with E-state index >= 15 is 0 Å². The average molecular weight is 224 g/mol. The third-order valence-electron chi connectivity index (χ3n) is 3.02. The molecule has 2 rings (SSSR count). The van der Waals surface area contributed by atoms with Crippen LogP contribution >= 0.6 is 0 Å². The number of rotatable bonds is 5. The highest BCUT2D eigenvalue weighted by molar-refractivity contribution is 4.94. The van der Waals surface area contributed by atoms with Gasteiger partial charge in [0.15, 0.2) is 5.82 Å². The van der Waals surface area contributed by atoms with Crippen molar-refractivity contribution in [1.82, 2.24) is 20.8 Å². The van der Waals surface area contributed by atoms with Gasteiger partial charge >= 0.3 is 0 Å². The summed E-state index contributed by atoms with van der Waals surface area (Å²) in [5.74, 6) is 1.51. The summed E-state index contributed by atoms with van der Waals surface area (Å²) in [4.78, 5) is 4.33. The highest BCUT2D eigenvalue weighted by Gasteiger charge is 2.27. The van der Waals surface area contributed by atoms with Gasteiger partial charge in [0.1, 0.15) is 0 Å². The second kappa shape index (κ2) is 4.93. The molecule has 16 heavy (non-hydrogen) atoms. The Bertz CT molecular complexity index is 330. The largest absolute Gasteiger partial charge is 0.339 e. The van der Waals surface area contributed by atoms with Crippen molar-refractivity contribution in [1.29, 1.82) is 0 Å². The summed E-state index contributed by atoms with van der Waals surface area (Å²) in [6.45, 7) is 7.10. The summed E-state index contributed by atoms with van der Waals surface area (Å²) in [5, 5.41) is 10.8. The molecular formula is C11H20N4O. The molecule has 1 atom stereocenters. The third-order valence-corrected chi connectivity index (χ3v) is 3.02. The predicted molar refractivity (Wildman–Crippen MR) is 61.0 cm³/mol. The van der Waals surface area contributed by atoms with Crippen LogP contribution in [-0.4, -0.2) is 28.8 Å². The van der Waals surface area contributed by atoms with Gasteiger partial charge in [-0.1, -0.05) is 12.1 Å². The lowest BCUT2D eigenvalue weighted by molar-refractivity contribution is 0.354. The highest BCUT2D eigenvalue weighted by Crippen LogP contribution is 2.13. The molecule has 0 amide bonds. The zero-order valence-electron chi connectivity index (χ0n) is 10.0. The molecule has 1 unspecified atom stereocenters. The molecule has 1 aliphatic heterocycles. The van der Waals surface area contributed by atoms with E-state index in [2.05, 4.69) is 34.6 Å². The van der Waals surface area contributed by atoms with Gasteiger partial charge in [0.2, 0.25) is 5.89 Å². The Hall–Kier alpha value is -0.940. The van der Waals surface area contributed by atoms with E-state index in [0.29, 0.717) is 6.54 Å². The van der Waals surface area contributed by atoms with Crippen molar-refractivity contribution in [2.45, 2.75) is 45.2 Å². The molecule has 1 saturated heterocycles. The van der Waals surface area contributed by atoms with E-state index in [1.165, 1.54) is 0 Å². The Balaban J connectivity index is 1.84. The lowest BCUT2D eigenvalue weighted by atomic mass is 10.0. The molecule has 0 radical (unpaired) electrons. The monoisotopic (exact) mass is 224 g/mol. The zero-order valence-corrected chi connectivity index (χ0v) is 10.0. The fraction of sp³-hybridized carbons (Fsp3) is 0.818. The molecule has 0 saturated carbocycles. The molecular weight excluding hydrogens is 204 g/mol. The van der Waals surface area contributed by atoms with Crippen molar-refractivity contribution in [2.75, 3.05) is 13.1 Å². The van der Waals surface area contributed by atoms with E-state index in [4.69, 9.17) is 4.52 Å². The fourth-order valence-electron chi connectivity index (χ4n) is 1.94. The summed E-state index contributed by atoms with van der Waals surface area (Å²) in [6, 6.07) is 0. The first-order valence-corrected chi connectivity index (χ1v) is 5.99. The highest BCUT2D eigenvalue weighted by atomic mass is 16.5. The van der Waals surface area contributed by atoms with E-state index in [1.807, 2.05) is 0 Å². The fourth-order valence-corrected chi connectivity index (χ4v) is 1.94. The van der Waals surface area contributed by atoms with Crippen molar-refractivity contribution < 1.29 is 4.52 Å². The Kier molecular flexibility index (Phi) is 3.56. The van der Waals surface area contributed by atoms with Crippen LogP contribution in [0.3, 0.4) is 0 Å². The van der Waals surface area contributed by atoms with E-state index in [-0.39, 0.29) is 5.54 Å². The van der Waals surface area contributed by atoms with Crippen molar-refractivity contribution in [3.63, 3.8) is 0 Å². The summed E-state index contributed by atoms with van der Waals surface area (Å²) in [6.07, 6.45) is 3.05. The third kappa shape index (κ3) is 2.80. The minimum atomic E-state index is 0.172. The zero-order chi connectivity index (χ0) is 11.4. The number of hydrogen-bond donors (Lipinski definition) is 2. The molecule has 2 N–H and O–H groups in total. The van der Waals surface area contributed by atoms with Gasteiger partial charge in [-0.3, -0.25) is 0 Å². The van der Waals surface area contributed by atoms with Gasteiger partial charge in [0.25, 0.3) is 0 Å². The van der Waals surface area contributed by atoms with Crippen LogP contribution in [0.1, 0.15) is 38.4 Å². The van der Waals surface area contributed by atoms with Crippen LogP contribution in [0.4, 0.5) is 0 Å². The molecule has 1 aromatic rings. The van der Waals surface area contributed by atoms with Gasteiger partial charge in [-0.15, -0.1) is 0 Å². The summed E-state index contributed by atoms with van der Waals surface area (Å²) in [7, 11) is 0. The standard InChI is InChI=1S/C11H20N4O/c1-3-4-10-14-9(15-16-10)7-13-11(2)5-6-12-8-11/h12-13H,3-8H2,1-2H3. The Labute approximate surface area is 96.0 Å². The molecule has 5 heteroatoms. The van der Waals surface area contributed by atoms with Crippen LogP contribution in [0, 0.1) is 0 Å². The number of hydrogen-bond acceptors (Lipinski definition) is 5. The average Bonchev–Trinajstić information content (AvgIpc) is 2.86. The maximum atomic E-state index is 5.14. The van der Waals surface area contributed by atoms with Crippen molar-refractivity contribution in [2.24, 2.45) is 0 Å². The Morgan fingerprint density at radius 3 is 3.12 bits per heavy atom. The molecule has 2 heterocycles. The van der Waals surface area contributed by atoms with Gasteiger partial charge in [-0.25, -0.2) is 0 Å². The first kappa shape index (κ1) is 11.5. The van der Waals surface area contributed by atoms with E-state index in [0.717, 1.165) is 44.1 Å². The van der Waals surface area contributed by atoms with Crippen molar-refractivity contribution >= 4 is 0 Å². The van der Waals surface area contributed by atoms with Crippen LogP contribution in [-0.2, 0) is 13.0 Å². The minimum absolute atomic E-state index is 0.172. The van der Waals surface area contributed by atoms with E-state index < -0.39 is 0 Å². The van der Waals surface area contributed by atoms with Crippen molar-refractivity contribution in [3.8, 4) is 0 Å². The minimum Gasteiger partial charge on any atom is -0.339 e. The number of aromatic nitrogens is 2. The molecule has 0 bridgehead atoms. The van der Waals surface area contributed by atoms with Gasteiger partial charge in [-0.05, 0) is 26.3 Å². The molecule has 1 fully saturated rings. The second-order valence-corrected chi connectivity index (χ2v) is 4.70. The second-order valence-electron chi connectivity index (χ2n) is 4.70. The van der Waals surface area contributed by atoms with Crippen LogP contribution in [0.2, 0.25) is 0 Å². The number of aryl methyl sites for hydroxylation is 1. The quantitative estimate of drug-likeness (QED) is 0.777. The van der Waals surface area contributed by atoms with Gasteiger partial charge in [0.05, 0.1) is 6.54 Å². The number of nitrogens with zero attached hydrogens (tertiary/aromatic N) is 2. The lowest BCUT2D eigenvalue weighted by Gasteiger charge is -2.23. The summed E-state index contributed by atoms with van der Waals surface area (Å²) >= 11 is 0. The van der Waals surface area contributed by atoms with Crippen LogP contribution in [0.5, 0.6) is 0 Å². The van der Waals surface area contributed by atoms with Gasteiger partial charge in [-0.2, -0.15) is 4.98 Å². The lowest BCUT2D eigenvalue weighted by Crippen LogP contribution is -2.43. The summed E-state index contributed by atoms with van der Waals surface area (Å²) in [5.41, 5.74) is 0.172. The van der Waals surface area contributed by atoms with Crippen LogP contribution in [0.25, 0.3) is 0 Å². The summed E-state index contributed by atoms with van der Waals surface area (Å²) < 4.78 is 5.14. The molecule has 1 aromatic heterocycles. The van der Waals surface area contributed by atoms with E-state index in [1.54, 1.807) is 0 Å². The number of nitrogens with one attached hydrogen (secondary N) is 2. The van der Waals surface area contributed by atoms with Gasteiger partial charge < -0.3 is 15.2 Å². The van der Waals surface area contributed by atoms with Crippen molar-refractivity contribution in [3.05, 3.63) is 11.7 Å². The Morgan fingerprint density at radius 2 is 2.44 bits per heavy atom.